The number of nitrogens with zero attached hydrogens (tertiary/aromatic N) is 1. The van der Waals surface area contributed by atoms with E-state index in [9.17, 15) is 14.4 Å². The zero-order valence-corrected chi connectivity index (χ0v) is 22.4. The van der Waals surface area contributed by atoms with Gasteiger partial charge in [-0.1, -0.05) is 97.4 Å². The molecule has 0 saturated carbocycles. The maximum Gasteiger partial charge on any atom is 0.243 e. The van der Waals surface area contributed by atoms with Crippen LogP contribution in [0.15, 0.2) is 91.0 Å². The van der Waals surface area contributed by atoms with Gasteiger partial charge in [-0.2, -0.15) is 0 Å². The molecule has 0 fully saturated rings. The van der Waals surface area contributed by atoms with Crippen molar-refractivity contribution in [2.24, 2.45) is 0 Å². The zero-order chi connectivity index (χ0) is 27.7. The molecule has 0 aliphatic carbocycles. The van der Waals surface area contributed by atoms with Gasteiger partial charge in [0.1, 0.15) is 6.04 Å². The summed E-state index contributed by atoms with van der Waals surface area (Å²) in [6.45, 7) is 0.918. The maximum atomic E-state index is 13.6. The van der Waals surface area contributed by atoms with E-state index in [1.54, 1.807) is 10.4 Å². The predicted molar refractivity (Wildman–Crippen MR) is 152 cm³/mol. The first-order valence-electron chi connectivity index (χ1n) is 13.7. The highest BCUT2D eigenvalue weighted by Crippen LogP contribution is 2.15. The molecule has 39 heavy (non-hydrogen) atoms. The number of amides is 3. The van der Waals surface area contributed by atoms with Gasteiger partial charge in [0.2, 0.25) is 17.7 Å². The molecular weight excluding hydrogens is 490 g/mol. The van der Waals surface area contributed by atoms with Gasteiger partial charge in [0.05, 0.1) is 0 Å². The molecule has 0 spiro atoms. The van der Waals surface area contributed by atoms with Gasteiger partial charge in [-0.05, 0) is 42.4 Å². The zero-order valence-electron chi connectivity index (χ0n) is 22.4. The number of carbonyl (C=O) groups is 3. The maximum absolute atomic E-state index is 13.6. The minimum Gasteiger partial charge on any atom is -0.354 e. The minimum absolute atomic E-state index is 0.0725. The van der Waals surface area contributed by atoms with E-state index in [0.29, 0.717) is 51.6 Å². The second-order valence-corrected chi connectivity index (χ2v) is 9.65. The average Bonchev–Trinajstić information content (AvgIpc) is 2.97. The smallest absolute Gasteiger partial charge is 0.243 e. The SMILES string of the molecule is O=C(CCCCCC(=O)N(CCc1ccccc1)C(Cc1ccccc1)C(=O)NCCc1ccccc1)NO. The summed E-state index contributed by atoms with van der Waals surface area (Å²) in [6, 6.07) is 29.1. The van der Waals surface area contributed by atoms with Crippen LogP contribution in [0.1, 0.15) is 48.8 Å². The Kier molecular flexibility index (Phi) is 12.7. The Morgan fingerprint density at radius 2 is 1.23 bits per heavy atom. The average molecular weight is 530 g/mol. The van der Waals surface area contributed by atoms with Crippen molar-refractivity contribution in [2.45, 2.75) is 57.4 Å². The highest BCUT2D eigenvalue weighted by atomic mass is 16.5. The van der Waals surface area contributed by atoms with Crippen molar-refractivity contribution in [3.63, 3.8) is 0 Å². The number of unbranched alkanes of at least 4 members (excludes halogenated alkanes) is 2. The lowest BCUT2D eigenvalue weighted by Crippen LogP contribution is -2.51. The second-order valence-electron chi connectivity index (χ2n) is 9.65. The van der Waals surface area contributed by atoms with E-state index in [-0.39, 0.29) is 24.7 Å². The molecule has 3 rings (SSSR count). The molecule has 3 aromatic rings. The molecule has 0 heterocycles. The van der Waals surface area contributed by atoms with Crippen LogP contribution in [0.5, 0.6) is 0 Å². The molecule has 0 bridgehead atoms. The summed E-state index contributed by atoms with van der Waals surface area (Å²) in [5.74, 6) is -0.659. The van der Waals surface area contributed by atoms with Crippen LogP contribution in [0.2, 0.25) is 0 Å². The third-order valence-corrected chi connectivity index (χ3v) is 6.73. The molecular formula is C32H39N3O4. The fourth-order valence-corrected chi connectivity index (χ4v) is 4.56. The van der Waals surface area contributed by atoms with Crippen LogP contribution in [0.3, 0.4) is 0 Å². The van der Waals surface area contributed by atoms with Crippen molar-refractivity contribution in [3.05, 3.63) is 108 Å². The first-order chi connectivity index (χ1) is 19.1. The normalized spacial score (nSPS) is 11.4. The summed E-state index contributed by atoms with van der Waals surface area (Å²) < 4.78 is 0. The van der Waals surface area contributed by atoms with Gasteiger partial charge in [-0.25, -0.2) is 5.48 Å². The summed E-state index contributed by atoms with van der Waals surface area (Å²) in [5, 5.41) is 11.7. The summed E-state index contributed by atoms with van der Waals surface area (Å²) >= 11 is 0. The van der Waals surface area contributed by atoms with Crippen molar-refractivity contribution < 1.29 is 19.6 Å². The van der Waals surface area contributed by atoms with Gasteiger partial charge in [-0.3, -0.25) is 19.6 Å². The van der Waals surface area contributed by atoms with E-state index in [2.05, 4.69) is 5.32 Å². The van der Waals surface area contributed by atoms with Crippen LogP contribution in [-0.4, -0.2) is 47.0 Å². The van der Waals surface area contributed by atoms with Gasteiger partial charge in [0, 0.05) is 32.4 Å². The Morgan fingerprint density at radius 3 is 1.82 bits per heavy atom. The van der Waals surface area contributed by atoms with Gasteiger partial charge in [-0.15, -0.1) is 0 Å². The Labute approximate surface area is 231 Å². The number of rotatable bonds is 16. The third kappa shape index (κ3) is 10.7. The van der Waals surface area contributed by atoms with E-state index in [1.165, 1.54) is 0 Å². The van der Waals surface area contributed by atoms with Crippen LogP contribution in [0.25, 0.3) is 0 Å². The van der Waals surface area contributed by atoms with E-state index in [4.69, 9.17) is 5.21 Å². The van der Waals surface area contributed by atoms with Crippen LogP contribution in [0.4, 0.5) is 0 Å². The van der Waals surface area contributed by atoms with E-state index in [0.717, 1.165) is 16.7 Å². The molecule has 3 aromatic carbocycles. The molecule has 0 aliphatic heterocycles. The number of hydroxylamine groups is 1. The Hall–Kier alpha value is -3.97. The fraction of sp³-hybridized carbons (Fsp3) is 0.344. The number of carbonyl (C=O) groups excluding carboxylic acids is 3. The summed E-state index contributed by atoms with van der Waals surface area (Å²) in [5.41, 5.74) is 4.88. The molecule has 0 radical (unpaired) electrons. The first kappa shape index (κ1) is 29.6. The van der Waals surface area contributed by atoms with Crippen molar-refractivity contribution in [2.75, 3.05) is 13.1 Å². The van der Waals surface area contributed by atoms with E-state index >= 15 is 0 Å². The molecule has 1 unspecified atom stereocenters. The number of benzene rings is 3. The molecule has 3 amide bonds. The molecule has 7 nitrogen and oxygen atoms in total. The molecule has 206 valence electrons. The molecule has 0 aliphatic rings. The van der Waals surface area contributed by atoms with Crippen molar-refractivity contribution >= 4 is 17.7 Å². The largest absolute Gasteiger partial charge is 0.354 e. The van der Waals surface area contributed by atoms with Crippen molar-refractivity contribution in [1.29, 1.82) is 0 Å². The Morgan fingerprint density at radius 1 is 0.692 bits per heavy atom. The highest BCUT2D eigenvalue weighted by molar-refractivity contribution is 5.88. The monoisotopic (exact) mass is 529 g/mol. The van der Waals surface area contributed by atoms with Crippen LogP contribution < -0.4 is 10.8 Å². The standard InChI is InChI=1S/C32H39N3O4/c36-30(34-39)19-11-4-12-20-31(37)35(24-22-27-15-7-2-8-16-27)29(25-28-17-9-3-10-18-28)32(38)33-23-21-26-13-5-1-6-14-26/h1-3,5-10,13-18,29,39H,4,11-12,19-25H2,(H,33,38)(H,34,36). The van der Waals surface area contributed by atoms with Crippen LogP contribution in [-0.2, 0) is 33.6 Å². The van der Waals surface area contributed by atoms with Crippen LogP contribution in [0, 0.1) is 0 Å². The third-order valence-electron chi connectivity index (χ3n) is 6.73. The lowest BCUT2D eigenvalue weighted by molar-refractivity contribution is -0.140. The lowest BCUT2D eigenvalue weighted by Gasteiger charge is -2.31. The number of hydrogen-bond acceptors (Lipinski definition) is 4. The summed E-state index contributed by atoms with van der Waals surface area (Å²) in [7, 11) is 0. The van der Waals surface area contributed by atoms with Gasteiger partial charge < -0.3 is 10.2 Å². The van der Waals surface area contributed by atoms with Gasteiger partial charge >= 0.3 is 0 Å². The Balaban J connectivity index is 1.73. The summed E-state index contributed by atoms with van der Waals surface area (Å²) in [4.78, 5) is 40.2. The minimum atomic E-state index is -0.639. The number of nitrogens with one attached hydrogen (secondary N) is 2. The lowest BCUT2D eigenvalue weighted by atomic mass is 10.0. The second kappa shape index (κ2) is 16.8. The topological polar surface area (TPSA) is 98.7 Å². The number of hydrogen-bond donors (Lipinski definition) is 3. The Bertz CT molecular complexity index is 1140. The molecule has 1 atom stereocenters. The van der Waals surface area contributed by atoms with Gasteiger partial charge in [0.25, 0.3) is 0 Å². The molecule has 0 aromatic heterocycles. The highest BCUT2D eigenvalue weighted by Gasteiger charge is 2.29. The first-order valence-corrected chi connectivity index (χ1v) is 13.7. The summed E-state index contributed by atoms with van der Waals surface area (Å²) in [6.07, 6.45) is 4.15. The molecule has 0 saturated heterocycles. The quantitative estimate of drug-likeness (QED) is 0.145. The fourth-order valence-electron chi connectivity index (χ4n) is 4.56. The van der Waals surface area contributed by atoms with Crippen molar-refractivity contribution in [3.8, 4) is 0 Å². The van der Waals surface area contributed by atoms with E-state index < -0.39 is 11.9 Å². The molecule has 3 N–H and O–H groups in total. The van der Waals surface area contributed by atoms with Crippen LogP contribution >= 0.6 is 0 Å². The van der Waals surface area contributed by atoms with Crippen molar-refractivity contribution in [1.82, 2.24) is 15.7 Å². The van der Waals surface area contributed by atoms with Gasteiger partial charge in [0.15, 0.2) is 0 Å². The molecule has 7 heteroatoms. The van der Waals surface area contributed by atoms with E-state index in [1.807, 2.05) is 91.0 Å². The predicted octanol–water partition coefficient (Wildman–Crippen LogP) is 4.48.